The Labute approximate surface area is 359 Å². The van der Waals surface area contributed by atoms with Crippen molar-refractivity contribution in [3.05, 3.63) is 72.9 Å². The number of hydrogen-bond donors (Lipinski definition) is 0. The average Bonchev–Trinajstić information content (AvgIpc) is 3.22. The highest BCUT2D eigenvalue weighted by Crippen LogP contribution is 2.14. The van der Waals surface area contributed by atoms with Crippen LogP contribution in [-0.2, 0) is 23.8 Å². The first-order valence-corrected chi connectivity index (χ1v) is 24.5. The second-order valence-electron chi connectivity index (χ2n) is 16.0. The van der Waals surface area contributed by atoms with Gasteiger partial charge in [0.05, 0.1) is 13.0 Å². The minimum atomic E-state index is -0.577. The van der Waals surface area contributed by atoms with E-state index in [0.717, 1.165) is 57.8 Å². The van der Waals surface area contributed by atoms with Gasteiger partial charge >= 0.3 is 11.9 Å². The van der Waals surface area contributed by atoms with Gasteiger partial charge in [-0.15, -0.1) is 0 Å². The van der Waals surface area contributed by atoms with Gasteiger partial charge < -0.3 is 14.2 Å². The highest BCUT2D eigenvalue weighted by molar-refractivity contribution is 5.71. The van der Waals surface area contributed by atoms with E-state index in [0.29, 0.717) is 13.0 Å². The molecule has 5 heteroatoms. The predicted octanol–water partition coefficient (Wildman–Crippen LogP) is 16.3. The van der Waals surface area contributed by atoms with Crippen molar-refractivity contribution < 1.29 is 23.8 Å². The normalized spacial score (nSPS) is 12.8. The van der Waals surface area contributed by atoms with Gasteiger partial charge in [-0.2, -0.15) is 0 Å². The van der Waals surface area contributed by atoms with Crippen molar-refractivity contribution in [1.82, 2.24) is 0 Å². The van der Waals surface area contributed by atoms with Crippen molar-refractivity contribution in [2.45, 2.75) is 232 Å². The first-order valence-electron chi connectivity index (χ1n) is 24.5. The zero-order valence-electron chi connectivity index (χ0n) is 38.3. The third-order valence-electron chi connectivity index (χ3n) is 10.3. The SMILES string of the molecule is CC/C=C\C/C=C\C/C=C\C/C=C\C/C=C\CC(=O)OCC(COCCCCCCCC/C=C\CCCCCC)OC(=O)CCCCCCCCCCCCCCC. The van der Waals surface area contributed by atoms with Crippen LogP contribution in [0.5, 0.6) is 0 Å². The standard InChI is InChI=1S/C53H92O5/c1-4-7-10-13-16-19-22-25-27-29-31-34-37-40-43-46-52(54)57-50-51(49-56-48-45-42-39-36-33-30-26-23-20-17-14-11-8-5-2)58-53(55)47-44-41-38-35-32-28-24-21-18-15-12-9-6-3/h7,10,16,19-20,23,25,27,31,34,40,43,51H,4-6,8-9,11-15,17-18,21-22,24,26,28-30,32-33,35-39,41-42,44-50H2,1-3H3/b10-7-,19-16-,23-20-,27-25-,34-31-,43-40-. The Morgan fingerprint density at radius 2 is 0.828 bits per heavy atom. The van der Waals surface area contributed by atoms with Crippen LogP contribution >= 0.6 is 0 Å². The topological polar surface area (TPSA) is 61.8 Å². The summed E-state index contributed by atoms with van der Waals surface area (Å²) in [5.74, 6) is -0.543. The Morgan fingerprint density at radius 1 is 0.414 bits per heavy atom. The number of carbonyl (C=O) groups excluding carboxylic acids is 2. The van der Waals surface area contributed by atoms with E-state index in [1.54, 1.807) is 0 Å². The first-order chi connectivity index (χ1) is 28.6. The van der Waals surface area contributed by atoms with E-state index in [-0.39, 0.29) is 31.6 Å². The van der Waals surface area contributed by atoms with E-state index in [1.165, 1.54) is 135 Å². The molecule has 0 aliphatic heterocycles. The molecule has 1 atom stereocenters. The van der Waals surface area contributed by atoms with Crippen LogP contribution in [0.2, 0.25) is 0 Å². The van der Waals surface area contributed by atoms with Crippen LogP contribution in [0.25, 0.3) is 0 Å². The lowest BCUT2D eigenvalue weighted by atomic mass is 10.0. The second kappa shape index (κ2) is 48.7. The molecule has 0 bridgehead atoms. The summed E-state index contributed by atoms with van der Waals surface area (Å²) in [6.45, 7) is 7.59. The molecule has 58 heavy (non-hydrogen) atoms. The largest absolute Gasteiger partial charge is 0.461 e. The lowest BCUT2D eigenvalue weighted by molar-refractivity contribution is -0.162. The summed E-state index contributed by atoms with van der Waals surface area (Å²) in [7, 11) is 0. The Bertz CT molecular complexity index is 1050. The molecule has 0 fully saturated rings. The number of allylic oxidation sites excluding steroid dienone is 11. The first kappa shape index (κ1) is 55.3. The third-order valence-corrected chi connectivity index (χ3v) is 10.3. The summed E-state index contributed by atoms with van der Waals surface area (Å²) in [6.07, 6.45) is 62.1. The quantitative estimate of drug-likeness (QED) is 0.0348. The van der Waals surface area contributed by atoms with Crippen LogP contribution in [0.4, 0.5) is 0 Å². The smallest absolute Gasteiger partial charge is 0.309 e. The van der Waals surface area contributed by atoms with Crippen molar-refractivity contribution >= 4 is 11.9 Å². The number of ether oxygens (including phenoxy) is 3. The molecule has 0 amide bonds. The number of esters is 2. The molecule has 5 nitrogen and oxygen atoms in total. The minimum Gasteiger partial charge on any atom is -0.461 e. The van der Waals surface area contributed by atoms with E-state index < -0.39 is 6.10 Å². The van der Waals surface area contributed by atoms with Crippen molar-refractivity contribution in [3.63, 3.8) is 0 Å². The summed E-state index contributed by atoms with van der Waals surface area (Å²) in [5.41, 5.74) is 0. The van der Waals surface area contributed by atoms with E-state index in [1.807, 2.05) is 12.2 Å². The molecule has 0 N–H and O–H groups in total. The Morgan fingerprint density at radius 3 is 1.33 bits per heavy atom. The zero-order valence-corrected chi connectivity index (χ0v) is 38.3. The molecule has 0 aliphatic rings. The number of carbonyl (C=O) groups is 2. The molecule has 334 valence electrons. The number of unbranched alkanes of at least 4 members (excludes halogenated alkanes) is 22. The highest BCUT2D eigenvalue weighted by Gasteiger charge is 2.17. The molecular formula is C53H92O5. The summed E-state index contributed by atoms with van der Waals surface area (Å²) in [6, 6.07) is 0. The van der Waals surface area contributed by atoms with Crippen LogP contribution in [0.1, 0.15) is 226 Å². The van der Waals surface area contributed by atoms with Crippen LogP contribution < -0.4 is 0 Å². The van der Waals surface area contributed by atoms with E-state index >= 15 is 0 Å². The van der Waals surface area contributed by atoms with Gasteiger partial charge in [0.25, 0.3) is 0 Å². The molecule has 0 aliphatic carbocycles. The molecule has 0 radical (unpaired) electrons. The Balaban J connectivity index is 4.39. The third kappa shape index (κ3) is 46.0. The molecule has 0 aromatic heterocycles. The molecule has 0 saturated carbocycles. The fourth-order valence-electron chi connectivity index (χ4n) is 6.64. The molecule has 0 spiro atoms. The summed E-state index contributed by atoms with van der Waals surface area (Å²) < 4.78 is 17.3. The maximum Gasteiger partial charge on any atom is 0.309 e. The minimum absolute atomic E-state index is 0.0288. The van der Waals surface area contributed by atoms with Gasteiger partial charge in [0.15, 0.2) is 6.10 Å². The van der Waals surface area contributed by atoms with Gasteiger partial charge in [-0.05, 0) is 70.6 Å². The second-order valence-corrected chi connectivity index (χ2v) is 16.0. The lowest BCUT2D eigenvalue weighted by Gasteiger charge is -2.18. The number of rotatable bonds is 44. The van der Waals surface area contributed by atoms with Crippen molar-refractivity contribution in [2.24, 2.45) is 0 Å². The molecule has 0 saturated heterocycles. The van der Waals surface area contributed by atoms with Crippen molar-refractivity contribution in [3.8, 4) is 0 Å². The van der Waals surface area contributed by atoms with Crippen LogP contribution in [0.3, 0.4) is 0 Å². The molecule has 0 heterocycles. The monoisotopic (exact) mass is 809 g/mol. The van der Waals surface area contributed by atoms with Gasteiger partial charge in [0.1, 0.15) is 6.61 Å². The van der Waals surface area contributed by atoms with Crippen molar-refractivity contribution in [1.29, 1.82) is 0 Å². The molecule has 1 unspecified atom stereocenters. The van der Waals surface area contributed by atoms with E-state index in [2.05, 4.69) is 81.5 Å². The van der Waals surface area contributed by atoms with E-state index in [4.69, 9.17) is 14.2 Å². The van der Waals surface area contributed by atoms with Crippen LogP contribution in [0.15, 0.2) is 72.9 Å². The van der Waals surface area contributed by atoms with E-state index in [9.17, 15) is 9.59 Å². The predicted molar refractivity (Wildman–Crippen MR) is 251 cm³/mol. The Kier molecular flexibility index (Phi) is 46.5. The zero-order chi connectivity index (χ0) is 42.1. The van der Waals surface area contributed by atoms with Gasteiger partial charge in [-0.25, -0.2) is 0 Å². The van der Waals surface area contributed by atoms with Gasteiger partial charge in [0, 0.05) is 13.0 Å². The molecule has 0 aromatic rings. The summed E-state index contributed by atoms with van der Waals surface area (Å²) in [5, 5.41) is 0. The maximum absolute atomic E-state index is 12.8. The van der Waals surface area contributed by atoms with Crippen LogP contribution in [0, 0.1) is 0 Å². The summed E-state index contributed by atoms with van der Waals surface area (Å²) in [4.78, 5) is 25.3. The molecule has 0 rings (SSSR count). The average molecular weight is 809 g/mol. The van der Waals surface area contributed by atoms with Crippen molar-refractivity contribution in [2.75, 3.05) is 19.8 Å². The summed E-state index contributed by atoms with van der Waals surface area (Å²) >= 11 is 0. The molecular weight excluding hydrogens is 717 g/mol. The number of hydrogen-bond acceptors (Lipinski definition) is 5. The fraction of sp³-hybridized carbons (Fsp3) is 0.736. The lowest BCUT2D eigenvalue weighted by Crippen LogP contribution is -2.30. The molecule has 0 aromatic carbocycles. The Hall–Kier alpha value is -2.66. The van der Waals surface area contributed by atoms with Gasteiger partial charge in [-0.3, -0.25) is 9.59 Å². The van der Waals surface area contributed by atoms with Gasteiger partial charge in [0.2, 0.25) is 0 Å². The highest BCUT2D eigenvalue weighted by atomic mass is 16.6. The van der Waals surface area contributed by atoms with Gasteiger partial charge in [-0.1, -0.05) is 216 Å². The fourth-order valence-corrected chi connectivity index (χ4v) is 6.64. The maximum atomic E-state index is 12.8. The van der Waals surface area contributed by atoms with Crippen LogP contribution in [-0.4, -0.2) is 37.9 Å².